The summed E-state index contributed by atoms with van der Waals surface area (Å²) in [4.78, 5) is 7.13. The van der Waals surface area contributed by atoms with Gasteiger partial charge in [0.15, 0.2) is 9.12 Å². The molecule has 0 aliphatic rings. The van der Waals surface area contributed by atoms with Crippen LogP contribution in [0.5, 0.6) is 0 Å². The van der Waals surface area contributed by atoms with Gasteiger partial charge < -0.3 is 15.3 Å². The van der Waals surface area contributed by atoms with E-state index in [1.807, 2.05) is 0 Å². The Labute approximate surface area is 90.8 Å². The molecule has 0 aliphatic carbocycles. The van der Waals surface area contributed by atoms with Crippen molar-refractivity contribution in [2.45, 2.75) is 46.2 Å². The molecule has 0 spiro atoms. The van der Waals surface area contributed by atoms with Crippen LogP contribution < -0.4 is 15.3 Å². The first-order valence-corrected chi connectivity index (χ1v) is 7.91. The van der Waals surface area contributed by atoms with Crippen molar-refractivity contribution in [2.24, 2.45) is 0 Å². The van der Waals surface area contributed by atoms with Crippen LogP contribution in [0.2, 0.25) is 6.04 Å². The van der Waals surface area contributed by atoms with Crippen molar-refractivity contribution in [1.82, 2.24) is 15.3 Å². The van der Waals surface area contributed by atoms with Gasteiger partial charge in [0, 0.05) is 6.04 Å². The number of hydrogen-bond donors (Lipinski definition) is 3. The predicted octanol–water partition coefficient (Wildman–Crippen LogP) is 0.814. The third-order valence-electron chi connectivity index (χ3n) is 2.44. The van der Waals surface area contributed by atoms with Crippen LogP contribution in [0.25, 0.3) is 0 Å². The van der Waals surface area contributed by atoms with Gasteiger partial charge in [-0.25, -0.2) is 0 Å². The lowest BCUT2D eigenvalue weighted by molar-refractivity contribution is 0.549. The number of rotatable bonds is 9. The molecule has 0 saturated carbocycles. The molecule has 0 bridgehead atoms. The third kappa shape index (κ3) is 7.50. The molecule has 0 rings (SSSR count). The van der Waals surface area contributed by atoms with E-state index in [4.69, 9.17) is 0 Å². The summed E-state index contributed by atoms with van der Waals surface area (Å²) in [6.07, 6.45) is 1.22. The average molecular weight is 217 g/mol. The lowest BCUT2D eigenvalue weighted by atomic mass is 10.3. The van der Waals surface area contributed by atoms with E-state index in [-0.39, 0.29) is 0 Å². The average Bonchev–Trinajstić information content (AvgIpc) is 2.18. The molecule has 4 heteroatoms. The summed E-state index contributed by atoms with van der Waals surface area (Å²) in [6.45, 7) is 12.2. The highest BCUT2D eigenvalue weighted by molar-refractivity contribution is 6.53. The molecule has 86 valence electrons. The van der Waals surface area contributed by atoms with Gasteiger partial charge in [0.05, 0.1) is 0 Å². The Hall–Kier alpha value is 0.0969. The Morgan fingerprint density at radius 1 is 1.07 bits per heavy atom. The summed E-state index contributed by atoms with van der Waals surface area (Å²) >= 11 is 0. The van der Waals surface area contributed by atoms with Crippen LogP contribution in [0.3, 0.4) is 0 Å². The van der Waals surface area contributed by atoms with E-state index in [0.717, 1.165) is 19.6 Å². The standard InChI is InChI=1S/C10H27N3Si/c1-5-10(4)11-8-9-14(12-6-2)13-7-3/h10-14H,5-9H2,1-4H3. The van der Waals surface area contributed by atoms with Crippen LogP contribution in [0.15, 0.2) is 0 Å². The smallest absolute Gasteiger partial charge is 0.185 e. The zero-order valence-electron chi connectivity index (χ0n) is 10.2. The highest BCUT2D eigenvalue weighted by Gasteiger charge is 2.07. The van der Waals surface area contributed by atoms with E-state index in [1.54, 1.807) is 0 Å². The molecule has 1 unspecified atom stereocenters. The lowest BCUT2D eigenvalue weighted by Gasteiger charge is -2.18. The Kier molecular flexibility index (Phi) is 9.71. The summed E-state index contributed by atoms with van der Waals surface area (Å²) in [5.41, 5.74) is 0. The summed E-state index contributed by atoms with van der Waals surface area (Å²) in [5, 5.41) is 3.53. The van der Waals surface area contributed by atoms with E-state index >= 15 is 0 Å². The molecule has 0 aromatic heterocycles. The van der Waals surface area contributed by atoms with Gasteiger partial charge >= 0.3 is 0 Å². The number of hydrogen-bond acceptors (Lipinski definition) is 3. The van der Waals surface area contributed by atoms with Crippen LogP contribution in [-0.2, 0) is 0 Å². The van der Waals surface area contributed by atoms with Gasteiger partial charge in [-0.1, -0.05) is 20.8 Å². The van der Waals surface area contributed by atoms with Crippen molar-refractivity contribution in [3.8, 4) is 0 Å². The fourth-order valence-corrected chi connectivity index (χ4v) is 3.38. The van der Waals surface area contributed by atoms with Gasteiger partial charge in [0.2, 0.25) is 0 Å². The summed E-state index contributed by atoms with van der Waals surface area (Å²) in [7, 11) is -0.866. The second kappa shape index (κ2) is 9.64. The molecule has 0 aromatic rings. The minimum Gasteiger partial charge on any atom is -0.328 e. The van der Waals surface area contributed by atoms with Gasteiger partial charge in [-0.2, -0.15) is 0 Å². The Morgan fingerprint density at radius 3 is 2.07 bits per heavy atom. The molecule has 0 saturated heterocycles. The van der Waals surface area contributed by atoms with E-state index in [0.29, 0.717) is 6.04 Å². The predicted molar refractivity (Wildman–Crippen MR) is 67.1 cm³/mol. The van der Waals surface area contributed by atoms with Crippen LogP contribution in [0, 0.1) is 0 Å². The molecule has 3 N–H and O–H groups in total. The maximum atomic E-state index is 3.56. The van der Waals surface area contributed by atoms with Crippen molar-refractivity contribution < 1.29 is 0 Å². The first-order valence-electron chi connectivity index (χ1n) is 5.94. The quantitative estimate of drug-likeness (QED) is 0.500. The summed E-state index contributed by atoms with van der Waals surface area (Å²) in [5.74, 6) is 0. The van der Waals surface area contributed by atoms with Crippen molar-refractivity contribution in [1.29, 1.82) is 0 Å². The van der Waals surface area contributed by atoms with E-state index in [2.05, 4.69) is 43.0 Å². The van der Waals surface area contributed by atoms with Gasteiger partial charge in [-0.05, 0) is 39.0 Å². The summed E-state index contributed by atoms with van der Waals surface area (Å²) in [6, 6.07) is 1.94. The molecule has 0 radical (unpaired) electrons. The van der Waals surface area contributed by atoms with E-state index in [1.165, 1.54) is 12.5 Å². The van der Waals surface area contributed by atoms with E-state index < -0.39 is 9.12 Å². The minimum atomic E-state index is -0.866. The topological polar surface area (TPSA) is 36.1 Å². The Bertz CT molecular complexity index is 116. The second-order valence-electron chi connectivity index (χ2n) is 3.72. The molecule has 0 fully saturated rings. The summed E-state index contributed by atoms with van der Waals surface area (Å²) < 4.78 is 0. The fraction of sp³-hybridized carbons (Fsp3) is 1.00. The lowest BCUT2D eigenvalue weighted by Crippen LogP contribution is -2.49. The molecule has 0 heterocycles. The maximum Gasteiger partial charge on any atom is 0.185 e. The molecule has 1 atom stereocenters. The van der Waals surface area contributed by atoms with Crippen molar-refractivity contribution in [3.05, 3.63) is 0 Å². The fourth-order valence-electron chi connectivity index (χ4n) is 1.39. The largest absolute Gasteiger partial charge is 0.328 e. The van der Waals surface area contributed by atoms with Crippen LogP contribution >= 0.6 is 0 Å². The van der Waals surface area contributed by atoms with Crippen molar-refractivity contribution >= 4 is 9.12 Å². The minimum absolute atomic E-state index is 0.660. The molecular formula is C10H27N3Si. The zero-order valence-corrected chi connectivity index (χ0v) is 11.3. The molecule has 0 amide bonds. The normalized spacial score (nSPS) is 13.5. The van der Waals surface area contributed by atoms with Gasteiger partial charge in [0.1, 0.15) is 0 Å². The highest BCUT2D eigenvalue weighted by Crippen LogP contribution is 1.89. The molecular weight excluding hydrogens is 190 g/mol. The van der Waals surface area contributed by atoms with Crippen LogP contribution in [0.1, 0.15) is 34.1 Å². The first-order chi connectivity index (χ1) is 6.74. The van der Waals surface area contributed by atoms with Crippen LogP contribution in [0.4, 0.5) is 0 Å². The monoisotopic (exact) mass is 217 g/mol. The third-order valence-corrected chi connectivity index (χ3v) is 5.11. The van der Waals surface area contributed by atoms with Crippen molar-refractivity contribution in [3.63, 3.8) is 0 Å². The Morgan fingerprint density at radius 2 is 1.64 bits per heavy atom. The van der Waals surface area contributed by atoms with Gasteiger partial charge in [-0.3, -0.25) is 0 Å². The van der Waals surface area contributed by atoms with Crippen LogP contribution in [-0.4, -0.2) is 34.8 Å². The van der Waals surface area contributed by atoms with Gasteiger partial charge in [0.25, 0.3) is 0 Å². The van der Waals surface area contributed by atoms with Gasteiger partial charge in [-0.15, -0.1) is 0 Å². The second-order valence-corrected chi connectivity index (χ2v) is 6.22. The Balaban J connectivity index is 3.49. The maximum absolute atomic E-state index is 3.56. The zero-order chi connectivity index (χ0) is 10.8. The molecule has 14 heavy (non-hydrogen) atoms. The highest BCUT2D eigenvalue weighted by atomic mass is 28.3. The molecule has 3 nitrogen and oxygen atoms in total. The van der Waals surface area contributed by atoms with E-state index in [9.17, 15) is 0 Å². The molecule has 0 aliphatic heterocycles. The molecule has 0 aromatic carbocycles. The SMILES string of the molecule is CCN[SiH](CCNC(C)CC)NCC. The number of nitrogens with one attached hydrogen (secondary N) is 3. The first kappa shape index (κ1) is 14.1. The van der Waals surface area contributed by atoms with Crippen molar-refractivity contribution in [2.75, 3.05) is 19.6 Å².